The van der Waals surface area contributed by atoms with E-state index in [1.165, 1.54) is 11.0 Å². The summed E-state index contributed by atoms with van der Waals surface area (Å²) in [6, 6.07) is 13.3. The van der Waals surface area contributed by atoms with Crippen molar-refractivity contribution in [3.05, 3.63) is 75.6 Å². The third-order valence-electron chi connectivity index (χ3n) is 7.91. The van der Waals surface area contributed by atoms with E-state index < -0.39 is 43.9 Å². The predicted octanol–water partition coefficient (Wildman–Crippen LogP) is 7.01. The molecule has 11 heteroatoms. The number of carboxylic acid groups (broad SMARTS) is 1. The van der Waals surface area contributed by atoms with Gasteiger partial charge in [0.25, 0.3) is 0 Å². The van der Waals surface area contributed by atoms with Crippen LogP contribution in [0.15, 0.2) is 53.3 Å². The number of ether oxygens (including phenoxy) is 2. The number of carbonyl (C=O) groups excluding carboxylic acids is 1. The van der Waals surface area contributed by atoms with Crippen molar-refractivity contribution < 1.29 is 33.7 Å². The first-order valence-corrected chi connectivity index (χ1v) is 17.6. The van der Waals surface area contributed by atoms with E-state index in [9.17, 15) is 24.6 Å². The maximum absolute atomic E-state index is 12.7. The molecule has 0 aliphatic rings. The van der Waals surface area contributed by atoms with Crippen LogP contribution in [-0.4, -0.2) is 58.9 Å². The van der Waals surface area contributed by atoms with Gasteiger partial charge in [-0.25, -0.2) is 9.59 Å². The molecule has 0 saturated heterocycles. The predicted molar refractivity (Wildman–Crippen MR) is 173 cm³/mol. The van der Waals surface area contributed by atoms with Crippen molar-refractivity contribution in [1.82, 2.24) is 9.88 Å². The van der Waals surface area contributed by atoms with E-state index in [4.69, 9.17) is 13.9 Å². The normalized spacial score (nSPS) is 13.8. The summed E-state index contributed by atoms with van der Waals surface area (Å²) in [5.74, 6) is 0.106. The van der Waals surface area contributed by atoms with Gasteiger partial charge in [0.2, 0.25) is 5.56 Å². The highest BCUT2D eigenvalue weighted by molar-refractivity contribution is 6.74. The lowest BCUT2D eigenvalue weighted by atomic mass is 10.0. The Morgan fingerprint density at radius 3 is 2.25 bits per heavy atom. The molecule has 0 saturated carbocycles. The third kappa shape index (κ3) is 8.93. The zero-order valence-electron chi connectivity index (χ0n) is 27.2. The van der Waals surface area contributed by atoms with Crippen LogP contribution in [0.5, 0.6) is 5.75 Å². The number of hydrogen-bond acceptors (Lipinski definition) is 7. The molecule has 0 aliphatic carbocycles. The Bertz CT molecular complexity index is 1540. The van der Waals surface area contributed by atoms with Crippen molar-refractivity contribution in [3.63, 3.8) is 0 Å². The SMILES string of the molecule is CC(Cc1cccc(CO)c1)N(CC(O[Si](C)(C)C(C)(C)C)c1ccc(OC(=O)OC(C)(C)C)c2[nH]c(=O)ccc12)C(=O)O. The number of hydrogen-bond donors (Lipinski definition) is 3. The number of aromatic nitrogens is 1. The first-order chi connectivity index (χ1) is 20.3. The lowest BCUT2D eigenvalue weighted by Crippen LogP contribution is -2.47. The van der Waals surface area contributed by atoms with Crippen LogP contribution in [0.1, 0.15) is 71.3 Å². The third-order valence-corrected chi connectivity index (χ3v) is 12.4. The fourth-order valence-corrected chi connectivity index (χ4v) is 5.90. The van der Waals surface area contributed by atoms with E-state index in [1.807, 2.05) is 31.2 Å². The Labute approximate surface area is 260 Å². The number of aliphatic hydroxyl groups is 1. The van der Waals surface area contributed by atoms with Crippen LogP contribution in [0.3, 0.4) is 0 Å². The van der Waals surface area contributed by atoms with Crippen LogP contribution in [0.4, 0.5) is 9.59 Å². The molecule has 0 radical (unpaired) electrons. The minimum Gasteiger partial charge on any atom is -0.465 e. The summed E-state index contributed by atoms with van der Waals surface area (Å²) in [5, 5.41) is 20.3. The number of nitrogens with one attached hydrogen (secondary N) is 1. The van der Waals surface area contributed by atoms with Crippen molar-refractivity contribution in [2.75, 3.05) is 6.54 Å². The lowest BCUT2D eigenvalue weighted by molar-refractivity contribution is 0.0208. The monoisotopic (exact) mass is 626 g/mol. The van der Waals surface area contributed by atoms with E-state index in [1.54, 1.807) is 39.0 Å². The number of rotatable bonds is 10. The van der Waals surface area contributed by atoms with E-state index >= 15 is 0 Å². The number of pyridine rings is 1. The molecular formula is C33H46N2O8Si. The quantitative estimate of drug-likeness (QED) is 0.124. The van der Waals surface area contributed by atoms with E-state index in [2.05, 4.69) is 38.8 Å². The van der Waals surface area contributed by atoms with Gasteiger partial charge >= 0.3 is 12.2 Å². The smallest absolute Gasteiger partial charge is 0.465 e. The molecule has 0 bridgehead atoms. The number of fused-ring (bicyclic) bond motifs is 1. The van der Waals surface area contributed by atoms with Gasteiger partial charge in [-0.15, -0.1) is 0 Å². The molecular weight excluding hydrogens is 580 g/mol. The zero-order valence-corrected chi connectivity index (χ0v) is 28.2. The highest BCUT2D eigenvalue weighted by atomic mass is 28.4. The van der Waals surface area contributed by atoms with E-state index in [-0.39, 0.29) is 29.5 Å². The second-order valence-electron chi connectivity index (χ2n) is 13.7. The van der Waals surface area contributed by atoms with E-state index in [0.717, 1.165) is 11.1 Å². The van der Waals surface area contributed by atoms with Crippen LogP contribution in [0.2, 0.25) is 18.1 Å². The van der Waals surface area contributed by atoms with Gasteiger partial charge in [-0.3, -0.25) is 4.79 Å². The second-order valence-corrected chi connectivity index (χ2v) is 18.4. The minimum atomic E-state index is -2.46. The fraction of sp³-hybridized carbons (Fsp3) is 0.485. The van der Waals surface area contributed by atoms with Crippen molar-refractivity contribution in [2.45, 2.75) is 97.4 Å². The number of benzene rings is 2. The first kappa shape index (κ1) is 34.8. The Hall–Kier alpha value is -3.67. The van der Waals surface area contributed by atoms with Crippen molar-refractivity contribution in [3.8, 4) is 5.75 Å². The van der Waals surface area contributed by atoms with Crippen LogP contribution >= 0.6 is 0 Å². The molecule has 240 valence electrons. The van der Waals surface area contributed by atoms with Crippen LogP contribution < -0.4 is 10.3 Å². The maximum Gasteiger partial charge on any atom is 0.514 e. The molecule has 0 spiro atoms. The molecule has 0 fully saturated rings. The number of nitrogens with zero attached hydrogens (tertiary/aromatic N) is 1. The average Bonchev–Trinajstić information content (AvgIpc) is 2.89. The Morgan fingerprint density at radius 2 is 1.66 bits per heavy atom. The molecule has 2 atom stereocenters. The van der Waals surface area contributed by atoms with Gasteiger partial charge in [-0.2, -0.15) is 0 Å². The van der Waals surface area contributed by atoms with Gasteiger partial charge in [-0.1, -0.05) is 51.1 Å². The van der Waals surface area contributed by atoms with E-state index in [0.29, 0.717) is 17.4 Å². The number of aliphatic hydroxyl groups excluding tert-OH is 1. The molecule has 1 heterocycles. The van der Waals surface area contributed by atoms with Crippen molar-refractivity contribution in [1.29, 1.82) is 0 Å². The summed E-state index contributed by atoms with van der Waals surface area (Å²) in [5.41, 5.74) is 1.42. The number of aromatic amines is 1. The summed E-state index contributed by atoms with van der Waals surface area (Å²) in [7, 11) is -2.46. The van der Waals surface area contributed by atoms with Crippen LogP contribution in [-0.2, 0) is 22.2 Å². The fourth-order valence-electron chi connectivity index (χ4n) is 4.64. The van der Waals surface area contributed by atoms with Gasteiger partial charge in [0.1, 0.15) is 5.60 Å². The summed E-state index contributed by atoms with van der Waals surface area (Å²) < 4.78 is 17.7. The van der Waals surface area contributed by atoms with Crippen LogP contribution in [0, 0.1) is 0 Å². The zero-order chi connectivity index (χ0) is 33.0. The topological polar surface area (TPSA) is 138 Å². The molecule has 10 nitrogen and oxygen atoms in total. The largest absolute Gasteiger partial charge is 0.514 e. The number of amides is 1. The molecule has 3 aromatic rings. The number of H-pyrrole nitrogens is 1. The highest BCUT2D eigenvalue weighted by Crippen LogP contribution is 2.42. The summed E-state index contributed by atoms with van der Waals surface area (Å²) in [6.07, 6.45) is -2.28. The average molecular weight is 627 g/mol. The van der Waals surface area contributed by atoms with Crippen molar-refractivity contribution in [2.24, 2.45) is 0 Å². The summed E-state index contributed by atoms with van der Waals surface area (Å²) in [4.78, 5) is 41.8. The Morgan fingerprint density at radius 1 is 1.00 bits per heavy atom. The Balaban J connectivity index is 2.10. The van der Waals surface area contributed by atoms with Gasteiger partial charge < -0.3 is 34.0 Å². The van der Waals surface area contributed by atoms with Crippen LogP contribution in [0.25, 0.3) is 10.9 Å². The Kier molecular flexibility index (Phi) is 10.7. The molecule has 3 N–H and O–H groups in total. The minimum absolute atomic E-state index is 0.0171. The summed E-state index contributed by atoms with van der Waals surface area (Å²) >= 11 is 0. The molecule has 1 aromatic heterocycles. The second kappa shape index (κ2) is 13.5. The molecule has 1 amide bonds. The standard InChI is InChI=1S/C33H46N2O8Si/c1-21(17-22-11-10-12-23(18-22)20-36)35(30(38)39)19-27(43-44(8,9)33(5,6)7)24-13-15-26(41-31(40)42-32(2,3)4)29-25(24)14-16-28(37)34-29/h10-16,18,21,27,36H,17,19-20H2,1-9H3,(H,34,37)(H,38,39). The van der Waals surface area contributed by atoms with Gasteiger partial charge in [0.15, 0.2) is 14.1 Å². The molecule has 2 aromatic carbocycles. The van der Waals surface area contributed by atoms with Gasteiger partial charge in [-0.05, 0) is 81.1 Å². The lowest BCUT2D eigenvalue weighted by Gasteiger charge is -2.41. The molecule has 0 aliphatic heterocycles. The molecule has 3 rings (SSSR count). The maximum atomic E-state index is 12.7. The highest BCUT2D eigenvalue weighted by Gasteiger charge is 2.41. The molecule has 44 heavy (non-hydrogen) atoms. The summed E-state index contributed by atoms with van der Waals surface area (Å²) in [6.45, 7) is 17.4. The number of carbonyl (C=O) groups is 2. The molecule has 2 unspecified atom stereocenters. The van der Waals surface area contributed by atoms with Gasteiger partial charge in [0.05, 0.1) is 24.8 Å². The van der Waals surface area contributed by atoms with Crippen molar-refractivity contribution >= 4 is 31.5 Å². The first-order valence-electron chi connectivity index (χ1n) is 14.7. The van der Waals surface area contributed by atoms with Gasteiger partial charge in [0, 0.05) is 17.5 Å².